The minimum absolute atomic E-state index is 0.126. The number of hydrogen-bond donors (Lipinski definition) is 1. The number of carbonyl (C=O) groups excluding carboxylic acids is 2. The summed E-state index contributed by atoms with van der Waals surface area (Å²) in [5, 5.41) is 2.70. The van der Waals surface area contributed by atoms with E-state index in [0.717, 1.165) is 38.5 Å². The Balaban J connectivity index is 2.44. The fourth-order valence-electron chi connectivity index (χ4n) is 3.18. The normalized spacial score (nSPS) is 15.8. The van der Waals surface area contributed by atoms with Crippen molar-refractivity contribution in [2.45, 2.75) is 83.6 Å². The first kappa shape index (κ1) is 21.3. The van der Waals surface area contributed by atoms with Crippen molar-refractivity contribution in [2.75, 3.05) is 13.2 Å². The Labute approximate surface area is 152 Å². The molecule has 0 aromatic carbocycles. The maximum Gasteiger partial charge on any atom is 0.407 e. The number of ether oxygens (including phenoxy) is 2. The number of carbonyl (C=O) groups is 2. The SMILES string of the molecule is C#CCCOC(=O)NC(C(=O)OCCCCCCC)C1CCCCC1. The van der Waals surface area contributed by atoms with Crippen LogP contribution >= 0.6 is 0 Å². The Morgan fingerprint density at radius 2 is 1.80 bits per heavy atom. The molecule has 5 nitrogen and oxygen atoms in total. The summed E-state index contributed by atoms with van der Waals surface area (Å²) < 4.78 is 10.4. The average Bonchev–Trinajstić information content (AvgIpc) is 2.63. The number of nitrogens with one attached hydrogen (secondary N) is 1. The van der Waals surface area contributed by atoms with Crippen LogP contribution in [0.25, 0.3) is 0 Å². The molecule has 0 aromatic heterocycles. The molecule has 1 aliphatic rings. The van der Waals surface area contributed by atoms with Gasteiger partial charge in [-0.05, 0) is 25.2 Å². The maximum absolute atomic E-state index is 12.5. The highest BCUT2D eigenvalue weighted by atomic mass is 16.6. The molecule has 0 heterocycles. The van der Waals surface area contributed by atoms with Crippen molar-refractivity contribution in [3.8, 4) is 12.3 Å². The topological polar surface area (TPSA) is 64.6 Å². The minimum Gasteiger partial charge on any atom is -0.464 e. The quantitative estimate of drug-likeness (QED) is 0.344. The molecule has 1 rings (SSSR count). The second kappa shape index (κ2) is 13.6. The third-order valence-corrected chi connectivity index (χ3v) is 4.62. The number of rotatable bonds is 11. The summed E-state index contributed by atoms with van der Waals surface area (Å²) in [4.78, 5) is 24.4. The van der Waals surface area contributed by atoms with Crippen molar-refractivity contribution in [2.24, 2.45) is 5.92 Å². The molecule has 1 unspecified atom stereocenters. The monoisotopic (exact) mass is 351 g/mol. The van der Waals surface area contributed by atoms with Crippen molar-refractivity contribution >= 4 is 12.1 Å². The summed E-state index contributed by atoms with van der Waals surface area (Å²) in [6.45, 7) is 2.74. The number of hydrogen-bond acceptors (Lipinski definition) is 4. The molecule has 1 aliphatic carbocycles. The standard InChI is InChI=1S/C20H33NO4/c1-3-5-7-8-12-16-24-19(22)18(17-13-10-9-11-14-17)21-20(23)25-15-6-4-2/h2,17-18H,3,5-16H2,1H3,(H,21,23). The van der Waals surface area contributed by atoms with E-state index in [0.29, 0.717) is 13.0 Å². The van der Waals surface area contributed by atoms with Gasteiger partial charge in [0, 0.05) is 6.42 Å². The number of unbranched alkanes of at least 4 members (excludes halogenated alkanes) is 4. The van der Waals surface area contributed by atoms with Crippen molar-refractivity contribution < 1.29 is 19.1 Å². The van der Waals surface area contributed by atoms with Crippen LogP contribution in [0.1, 0.15) is 77.6 Å². The summed E-state index contributed by atoms with van der Waals surface area (Å²) in [7, 11) is 0. The van der Waals surface area contributed by atoms with E-state index in [9.17, 15) is 9.59 Å². The van der Waals surface area contributed by atoms with Gasteiger partial charge >= 0.3 is 12.1 Å². The van der Waals surface area contributed by atoms with Crippen molar-refractivity contribution in [1.29, 1.82) is 0 Å². The molecule has 0 aliphatic heterocycles. The fraction of sp³-hybridized carbons (Fsp3) is 0.800. The van der Waals surface area contributed by atoms with Crippen LogP contribution in [0.2, 0.25) is 0 Å². The third kappa shape index (κ3) is 9.38. The van der Waals surface area contributed by atoms with Gasteiger partial charge in [0.15, 0.2) is 0 Å². The largest absolute Gasteiger partial charge is 0.464 e. The highest BCUT2D eigenvalue weighted by Gasteiger charge is 2.32. The van der Waals surface area contributed by atoms with Gasteiger partial charge in [-0.1, -0.05) is 51.9 Å². The lowest BCUT2D eigenvalue weighted by atomic mass is 9.84. The number of terminal acetylenes is 1. The van der Waals surface area contributed by atoms with Crippen LogP contribution in [0, 0.1) is 18.3 Å². The van der Waals surface area contributed by atoms with Crippen LogP contribution in [0.4, 0.5) is 4.79 Å². The van der Waals surface area contributed by atoms with E-state index in [1.54, 1.807) is 0 Å². The molecule has 0 spiro atoms. The summed E-state index contributed by atoms with van der Waals surface area (Å²) in [6, 6.07) is -0.616. The van der Waals surface area contributed by atoms with E-state index in [4.69, 9.17) is 15.9 Å². The number of esters is 1. The van der Waals surface area contributed by atoms with Gasteiger partial charge in [-0.25, -0.2) is 9.59 Å². The van der Waals surface area contributed by atoms with E-state index in [1.807, 2.05) is 0 Å². The number of amides is 1. The van der Waals surface area contributed by atoms with Gasteiger partial charge in [-0.15, -0.1) is 12.3 Å². The summed E-state index contributed by atoms with van der Waals surface area (Å²) in [5.74, 6) is 2.20. The van der Waals surface area contributed by atoms with Crippen LogP contribution in [0.3, 0.4) is 0 Å². The van der Waals surface area contributed by atoms with Crippen LogP contribution in [0.5, 0.6) is 0 Å². The van der Waals surface area contributed by atoms with E-state index in [1.165, 1.54) is 25.7 Å². The molecular weight excluding hydrogens is 318 g/mol. The molecule has 25 heavy (non-hydrogen) atoms. The van der Waals surface area contributed by atoms with Crippen molar-refractivity contribution in [1.82, 2.24) is 5.32 Å². The van der Waals surface area contributed by atoms with Crippen molar-refractivity contribution in [3.05, 3.63) is 0 Å². The predicted octanol–water partition coefficient (Wildman–Crippen LogP) is 4.20. The first-order chi connectivity index (χ1) is 12.2. The van der Waals surface area contributed by atoms with E-state index >= 15 is 0 Å². The zero-order chi connectivity index (χ0) is 18.3. The first-order valence-corrected chi connectivity index (χ1v) is 9.72. The lowest BCUT2D eigenvalue weighted by Crippen LogP contribution is -2.47. The Kier molecular flexibility index (Phi) is 11.6. The van der Waals surface area contributed by atoms with E-state index in [-0.39, 0.29) is 18.5 Å². The lowest BCUT2D eigenvalue weighted by molar-refractivity contribution is -0.148. The maximum atomic E-state index is 12.5. The fourth-order valence-corrected chi connectivity index (χ4v) is 3.18. The molecule has 1 fully saturated rings. The van der Waals surface area contributed by atoms with Gasteiger partial charge in [0.05, 0.1) is 6.61 Å². The molecular formula is C20H33NO4. The zero-order valence-corrected chi connectivity index (χ0v) is 15.6. The van der Waals surface area contributed by atoms with Crippen molar-refractivity contribution in [3.63, 3.8) is 0 Å². The summed E-state index contributed by atoms with van der Waals surface area (Å²) in [6.07, 6.45) is 15.6. The summed E-state index contributed by atoms with van der Waals surface area (Å²) >= 11 is 0. The van der Waals surface area contributed by atoms with Crippen LogP contribution < -0.4 is 5.32 Å². The predicted molar refractivity (Wildman–Crippen MR) is 98.0 cm³/mol. The zero-order valence-electron chi connectivity index (χ0n) is 15.6. The molecule has 142 valence electrons. The van der Waals surface area contributed by atoms with E-state index in [2.05, 4.69) is 18.2 Å². The molecule has 0 saturated heterocycles. The Bertz CT molecular complexity index is 424. The van der Waals surface area contributed by atoms with Gasteiger partial charge in [-0.2, -0.15) is 0 Å². The Hall–Kier alpha value is -1.70. The average molecular weight is 351 g/mol. The van der Waals surface area contributed by atoms with Gasteiger partial charge < -0.3 is 14.8 Å². The molecule has 0 radical (unpaired) electrons. The molecule has 1 N–H and O–H groups in total. The Morgan fingerprint density at radius 1 is 1.08 bits per heavy atom. The second-order valence-electron chi connectivity index (χ2n) is 6.69. The van der Waals surface area contributed by atoms with Crippen LogP contribution in [-0.4, -0.2) is 31.3 Å². The number of alkyl carbamates (subject to hydrolysis) is 1. The van der Waals surface area contributed by atoms with Gasteiger partial charge in [-0.3, -0.25) is 0 Å². The van der Waals surface area contributed by atoms with E-state index < -0.39 is 12.1 Å². The van der Waals surface area contributed by atoms with Crippen LogP contribution in [-0.2, 0) is 14.3 Å². The lowest BCUT2D eigenvalue weighted by Gasteiger charge is -2.29. The third-order valence-electron chi connectivity index (χ3n) is 4.62. The molecule has 5 heteroatoms. The van der Waals surface area contributed by atoms with Crippen LogP contribution in [0.15, 0.2) is 0 Å². The molecule has 1 atom stereocenters. The smallest absolute Gasteiger partial charge is 0.407 e. The molecule has 1 saturated carbocycles. The minimum atomic E-state index is -0.616. The molecule has 0 aromatic rings. The molecule has 1 amide bonds. The second-order valence-corrected chi connectivity index (χ2v) is 6.69. The first-order valence-electron chi connectivity index (χ1n) is 9.72. The highest BCUT2D eigenvalue weighted by Crippen LogP contribution is 2.27. The van der Waals surface area contributed by atoms with Gasteiger partial charge in [0.25, 0.3) is 0 Å². The van der Waals surface area contributed by atoms with Gasteiger partial charge in [0.2, 0.25) is 0 Å². The highest BCUT2D eigenvalue weighted by molar-refractivity contribution is 5.81. The summed E-state index contributed by atoms with van der Waals surface area (Å²) in [5.41, 5.74) is 0. The molecule has 0 bridgehead atoms. The van der Waals surface area contributed by atoms with Gasteiger partial charge in [0.1, 0.15) is 12.6 Å². The Morgan fingerprint density at radius 3 is 2.48 bits per heavy atom.